The maximum absolute atomic E-state index is 14.8. The molecule has 33 heavy (non-hydrogen) atoms. The molecule has 2 fully saturated rings. The van der Waals surface area contributed by atoms with Crippen LogP contribution in [0, 0.1) is 23.0 Å². The normalized spacial score (nSPS) is 19.5. The lowest BCUT2D eigenvalue weighted by Gasteiger charge is -2.29. The molecule has 0 saturated carbocycles. The smallest absolute Gasteiger partial charge is 0.251 e. The van der Waals surface area contributed by atoms with Crippen molar-refractivity contribution in [2.75, 3.05) is 26.4 Å². The third kappa shape index (κ3) is 4.89. The fourth-order valence-corrected chi connectivity index (χ4v) is 5.16. The first-order valence-electron chi connectivity index (χ1n) is 10.4. The van der Waals surface area contributed by atoms with Crippen molar-refractivity contribution in [3.63, 3.8) is 0 Å². The number of carbonyl (C=O) groups excluding carboxylic acids is 1. The van der Waals surface area contributed by atoms with E-state index in [2.05, 4.69) is 10.6 Å². The first-order chi connectivity index (χ1) is 15.8. The quantitative estimate of drug-likeness (QED) is 0.627. The molecule has 0 aliphatic carbocycles. The first-order valence-corrected chi connectivity index (χ1v) is 11.8. The number of benzene rings is 2. The highest BCUT2D eigenvalue weighted by Crippen LogP contribution is 2.29. The standard InChI is InChI=1S/C22H22F2N4O4S/c23-19-10-18(14-2-4-17(5-3-14)33(30,31)28-6-1-7-28)20(24)9-15(19)8-16(11-25)27-22(29)21-12-26-13-32-21/h2-5,9-10,16,21,26H,1,6-8,12-13H2,(H,27,29)/t16?,21-/m0/s1. The molecule has 2 atom stereocenters. The Morgan fingerprint density at radius 3 is 2.55 bits per heavy atom. The maximum Gasteiger partial charge on any atom is 0.251 e. The van der Waals surface area contributed by atoms with E-state index in [0.717, 1.165) is 18.6 Å². The Kier molecular flexibility index (Phi) is 6.71. The van der Waals surface area contributed by atoms with Crippen molar-refractivity contribution in [3.8, 4) is 17.2 Å². The average molecular weight is 477 g/mol. The lowest BCUT2D eigenvalue weighted by atomic mass is 9.99. The number of hydrogen-bond acceptors (Lipinski definition) is 6. The van der Waals surface area contributed by atoms with Crippen LogP contribution in [-0.4, -0.2) is 57.1 Å². The maximum atomic E-state index is 14.8. The second-order valence-corrected chi connectivity index (χ2v) is 9.79. The van der Waals surface area contributed by atoms with Gasteiger partial charge >= 0.3 is 0 Å². The van der Waals surface area contributed by atoms with Gasteiger partial charge in [0.05, 0.1) is 17.7 Å². The largest absolute Gasteiger partial charge is 0.352 e. The summed E-state index contributed by atoms with van der Waals surface area (Å²) in [5.74, 6) is -1.97. The molecule has 2 saturated heterocycles. The molecule has 4 rings (SSSR count). The van der Waals surface area contributed by atoms with E-state index >= 15 is 0 Å². The van der Waals surface area contributed by atoms with E-state index in [0.29, 0.717) is 25.2 Å². The number of carbonyl (C=O) groups is 1. The van der Waals surface area contributed by atoms with Crippen LogP contribution in [0.2, 0.25) is 0 Å². The van der Waals surface area contributed by atoms with Gasteiger partial charge in [-0.05, 0) is 41.8 Å². The molecule has 11 heteroatoms. The number of nitrogens with zero attached hydrogens (tertiary/aromatic N) is 2. The SMILES string of the molecule is N#CC(Cc1cc(F)c(-c2ccc(S(=O)(=O)N3CCC3)cc2)cc1F)NC(=O)[C@@H]1CNCO1. The van der Waals surface area contributed by atoms with Gasteiger partial charge in [0.25, 0.3) is 5.91 Å². The third-order valence-electron chi connectivity index (χ3n) is 5.66. The average Bonchev–Trinajstić information content (AvgIpc) is 3.29. The van der Waals surface area contributed by atoms with Crippen LogP contribution in [-0.2, 0) is 26.0 Å². The zero-order valence-electron chi connectivity index (χ0n) is 17.6. The minimum absolute atomic E-state index is 0.0351. The molecule has 2 aromatic carbocycles. The Morgan fingerprint density at radius 1 is 1.24 bits per heavy atom. The summed E-state index contributed by atoms with van der Waals surface area (Å²) in [6.45, 7) is 1.47. The molecule has 1 amide bonds. The fourth-order valence-electron chi connectivity index (χ4n) is 3.64. The molecule has 174 valence electrons. The summed E-state index contributed by atoms with van der Waals surface area (Å²) in [6, 6.07) is 8.40. The lowest BCUT2D eigenvalue weighted by molar-refractivity contribution is -0.129. The molecule has 0 radical (unpaired) electrons. The number of rotatable bonds is 7. The number of ether oxygens (including phenoxy) is 1. The zero-order chi connectivity index (χ0) is 23.6. The van der Waals surface area contributed by atoms with E-state index in [1.165, 1.54) is 28.6 Å². The first kappa shape index (κ1) is 23.3. The van der Waals surface area contributed by atoms with E-state index < -0.39 is 39.7 Å². The Balaban J connectivity index is 1.49. The Labute approximate surface area is 190 Å². The van der Waals surface area contributed by atoms with Crippen molar-refractivity contribution in [1.82, 2.24) is 14.9 Å². The van der Waals surface area contributed by atoms with Crippen LogP contribution >= 0.6 is 0 Å². The van der Waals surface area contributed by atoms with Crippen LogP contribution in [0.5, 0.6) is 0 Å². The summed E-state index contributed by atoms with van der Waals surface area (Å²) in [6.07, 6.45) is -0.146. The molecular formula is C22H22F2N4O4S. The van der Waals surface area contributed by atoms with Crippen molar-refractivity contribution in [1.29, 1.82) is 5.26 Å². The monoisotopic (exact) mass is 476 g/mol. The van der Waals surface area contributed by atoms with Crippen molar-refractivity contribution in [3.05, 3.63) is 53.6 Å². The third-order valence-corrected chi connectivity index (χ3v) is 7.57. The number of halogens is 2. The number of nitriles is 1. The Bertz CT molecular complexity index is 1190. The van der Waals surface area contributed by atoms with Crippen molar-refractivity contribution in [2.24, 2.45) is 0 Å². The van der Waals surface area contributed by atoms with Crippen LogP contribution < -0.4 is 10.6 Å². The topological polar surface area (TPSA) is 112 Å². The summed E-state index contributed by atoms with van der Waals surface area (Å²) in [5.41, 5.74) is 0.217. The van der Waals surface area contributed by atoms with Gasteiger partial charge in [-0.25, -0.2) is 17.2 Å². The minimum Gasteiger partial charge on any atom is -0.352 e. The fraction of sp³-hybridized carbons (Fsp3) is 0.364. The van der Waals surface area contributed by atoms with Gasteiger partial charge in [0.15, 0.2) is 0 Å². The van der Waals surface area contributed by atoms with Crippen LogP contribution in [0.4, 0.5) is 8.78 Å². The Hall–Kier alpha value is -2.91. The molecule has 2 aliphatic rings. The second-order valence-electron chi connectivity index (χ2n) is 7.85. The zero-order valence-corrected chi connectivity index (χ0v) is 18.4. The summed E-state index contributed by atoms with van der Waals surface area (Å²) in [5, 5.41) is 14.7. The molecular weight excluding hydrogens is 454 g/mol. The summed E-state index contributed by atoms with van der Waals surface area (Å²) in [7, 11) is -3.57. The van der Waals surface area contributed by atoms with Crippen molar-refractivity contribution in [2.45, 2.75) is 29.9 Å². The number of sulfonamides is 1. The van der Waals surface area contributed by atoms with Gasteiger partial charge in [-0.2, -0.15) is 9.57 Å². The molecule has 2 aliphatic heterocycles. The van der Waals surface area contributed by atoms with E-state index in [4.69, 9.17) is 4.74 Å². The van der Waals surface area contributed by atoms with Gasteiger partial charge in [0.2, 0.25) is 10.0 Å². The van der Waals surface area contributed by atoms with Gasteiger partial charge in [0.1, 0.15) is 23.8 Å². The van der Waals surface area contributed by atoms with Gasteiger partial charge < -0.3 is 10.1 Å². The van der Waals surface area contributed by atoms with E-state index in [-0.39, 0.29) is 29.2 Å². The predicted octanol–water partition coefficient (Wildman–Crippen LogP) is 1.52. The van der Waals surface area contributed by atoms with Gasteiger partial charge in [-0.1, -0.05) is 12.1 Å². The minimum atomic E-state index is -3.57. The molecule has 0 aromatic heterocycles. The summed E-state index contributed by atoms with van der Waals surface area (Å²) < 4.78 is 61.0. The van der Waals surface area contributed by atoms with Crippen LogP contribution in [0.25, 0.3) is 11.1 Å². The predicted molar refractivity (Wildman–Crippen MR) is 114 cm³/mol. The Morgan fingerprint density at radius 2 is 1.97 bits per heavy atom. The number of hydrogen-bond donors (Lipinski definition) is 2. The summed E-state index contributed by atoms with van der Waals surface area (Å²) in [4.78, 5) is 12.2. The number of amides is 1. The highest BCUT2D eigenvalue weighted by molar-refractivity contribution is 7.89. The van der Waals surface area contributed by atoms with Crippen LogP contribution in [0.15, 0.2) is 41.3 Å². The molecule has 2 heterocycles. The second kappa shape index (κ2) is 9.52. The highest BCUT2D eigenvalue weighted by atomic mass is 32.2. The lowest BCUT2D eigenvalue weighted by Crippen LogP contribution is -2.43. The molecule has 2 aromatic rings. The molecule has 2 N–H and O–H groups in total. The van der Waals surface area contributed by atoms with Gasteiger partial charge in [-0.15, -0.1) is 0 Å². The van der Waals surface area contributed by atoms with Crippen LogP contribution in [0.3, 0.4) is 0 Å². The molecule has 0 bridgehead atoms. The van der Waals surface area contributed by atoms with E-state index in [1.807, 2.05) is 6.07 Å². The highest BCUT2D eigenvalue weighted by Gasteiger charge is 2.29. The van der Waals surface area contributed by atoms with Crippen molar-refractivity contribution < 1.29 is 26.7 Å². The van der Waals surface area contributed by atoms with E-state index in [1.54, 1.807) is 0 Å². The summed E-state index contributed by atoms with van der Waals surface area (Å²) >= 11 is 0. The molecule has 0 spiro atoms. The molecule has 8 nitrogen and oxygen atoms in total. The van der Waals surface area contributed by atoms with Crippen molar-refractivity contribution >= 4 is 15.9 Å². The molecule has 1 unspecified atom stereocenters. The van der Waals surface area contributed by atoms with Gasteiger partial charge in [0, 0.05) is 31.6 Å². The van der Waals surface area contributed by atoms with Gasteiger partial charge in [-0.3, -0.25) is 10.1 Å². The van der Waals surface area contributed by atoms with Crippen LogP contribution in [0.1, 0.15) is 12.0 Å². The number of nitrogens with one attached hydrogen (secondary N) is 2. The van der Waals surface area contributed by atoms with E-state index in [9.17, 15) is 27.3 Å².